The quantitative estimate of drug-likeness (QED) is 0.577. The predicted octanol–water partition coefficient (Wildman–Crippen LogP) is 0.560. The number of hydrazine groups is 1. The van der Waals surface area contributed by atoms with E-state index in [0.717, 1.165) is 19.4 Å². The lowest BCUT2D eigenvalue weighted by Gasteiger charge is -2.26. The summed E-state index contributed by atoms with van der Waals surface area (Å²) in [5.74, 6) is 6.22. The number of hydrogen-bond donors (Lipinski definition) is 2. The number of nitrogens with two attached hydrogens (primary N) is 1. The standard InChI is InChI=1S/C12H22N6O2/c1-4-6-20-12-15-10(17-13)14-11(16-12)18(3)9-5-7-19-8(9)2/h8-9H,4-7,13H2,1-3H3,(H,14,15,16,17). The highest BCUT2D eigenvalue weighted by atomic mass is 16.5. The first kappa shape index (κ1) is 14.7. The molecule has 0 spiro atoms. The van der Waals surface area contributed by atoms with E-state index in [4.69, 9.17) is 15.3 Å². The second-order valence-corrected chi connectivity index (χ2v) is 4.78. The molecule has 20 heavy (non-hydrogen) atoms. The van der Waals surface area contributed by atoms with Crippen LogP contribution in [0.1, 0.15) is 26.7 Å². The molecule has 0 aliphatic carbocycles. The second-order valence-electron chi connectivity index (χ2n) is 4.78. The van der Waals surface area contributed by atoms with Crippen LogP contribution in [0.2, 0.25) is 0 Å². The second kappa shape index (κ2) is 6.67. The van der Waals surface area contributed by atoms with Crippen molar-refractivity contribution in [1.29, 1.82) is 0 Å². The Morgan fingerprint density at radius 1 is 1.45 bits per heavy atom. The van der Waals surface area contributed by atoms with Gasteiger partial charge in [0.1, 0.15) is 0 Å². The van der Waals surface area contributed by atoms with E-state index in [0.29, 0.717) is 18.5 Å². The number of likely N-dealkylation sites (N-methyl/N-ethyl adjacent to an activating group) is 1. The van der Waals surface area contributed by atoms with E-state index in [1.54, 1.807) is 0 Å². The van der Waals surface area contributed by atoms with Gasteiger partial charge in [-0.05, 0) is 19.8 Å². The van der Waals surface area contributed by atoms with E-state index in [2.05, 4.69) is 20.4 Å². The number of anilines is 2. The molecule has 0 aromatic carbocycles. The van der Waals surface area contributed by atoms with Crippen LogP contribution in [0.5, 0.6) is 6.01 Å². The molecule has 3 N–H and O–H groups in total. The molecule has 112 valence electrons. The number of rotatable bonds is 6. The number of nitrogens with zero attached hydrogens (tertiary/aromatic N) is 4. The average molecular weight is 282 g/mol. The monoisotopic (exact) mass is 282 g/mol. The van der Waals surface area contributed by atoms with Crippen LogP contribution in [-0.4, -0.2) is 47.4 Å². The van der Waals surface area contributed by atoms with Gasteiger partial charge in [-0.3, -0.25) is 5.43 Å². The van der Waals surface area contributed by atoms with Crippen molar-refractivity contribution in [3.8, 4) is 6.01 Å². The van der Waals surface area contributed by atoms with Gasteiger partial charge in [0.2, 0.25) is 11.9 Å². The molecule has 8 heteroatoms. The van der Waals surface area contributed by atoms with E-state index in [1.807, 2.05) is 25.8 Å². The molecule has 0 radical (unpaired) electrons. The van der Waals surface area contributed by atoms with E-state index in [1.165, 1.54) is 0 Å². The molecular weight excluding hydrogens is 260 g/mol. The number of ether oxygens (including phenoxy) is 2. The molecule has 2 heterocycles. The predicted molar refractivity (Wildman–Crippen MR) is 75.6 cm³/mol. The van der Waals surface area contributed by atoms with Crippen molar-refractivity contribution < 1.29 is 9.47 Å². The molecule has 1 saturated heterocycles. The molecule has 1 aliphatic heterocycles. The number of aromatic nitrogens is 3. The van der Waals surface area contributed by atoms with Gasteiger partial charge in [0, 0.05) is 13.7 Å². The smallest absolute Gasteiger partial charge is 0.323 e. The van der Waals surface area contributed by atoms with Crippen LogP contribution in [0.4, 0.5) is 11.9 Å². The minimum absolute atomic E-state index is 0.145. The molecule has 2 rings (SSSR count). The molecular formula is C12H22N6O2. The Morgan fingerprint density at radius 3 is 2.85 bits per heavy atom. The Labute approximate surface area is 118 Å². The van der Waals surface area contributed by atoms with Crippen LogP contribution in [0.15, 0.2) is 0 Å². The maximum Gasteiger partial charge on any atom is 0.323 e. The summed E-state index contributed by atoms with van der Waals surface area (Å²) >= 11 is 0. The first-order valence-electron chi connectivity index (χ1n) is 6.85. The summed E-state index contributed by atoms with van der Waals surface area (Å²) in [4.78, 5) is 14.7. The van der Waals surface area contributed by atoms with Crippen molar-refractivity contribution in [3.05, 3.63) is 0 Å². The minimum atomic E-state index is 0.145. The normalized spacial score (nSPS) is 21.8. The third-order valence-corrected chi connectivity index (χ3v) is 3.32. The summed E-state index contributed by atoms with van der Waals surface area (Å²) < 4.78 is 11.0. The fourth-order valence-electron chi connectivity index (χ4n) is 2.20. The molecule has 0 saturated carbocycles. The molecule has 1 aliphatic rings. The zero-order valence-corrected chi connectivity index (χ0v) is 12.2. The van der Waals surface area contributed by atoms with E-state index in [9.17, 15) is 0 Å². The topological polar surface area (TPSA) is 98.4 Å². The number of hydrogen-bond acceptors (Lipinski definition) is 8. The third-order valence-electron chi connectivity index (χ3n) is 3.32. The summed E-state index contributed by atoms with van der Waals surface area (Å²) in [5, 5.41) is 0. The van der Waals surface area contributed by atoms with Gasteiger partial charge in [-0.1, -0.05) is 6.92 Å². The molecule has 1 fully saturated rings. The van der Waals surface area contributed by atoms with Gasteiger partial charge < -0.3 is 14.4 Å². The Kier molecular flexibility index (Phi) is 4.91. The molecule has 2 unspecified atom stereocenters. The third kappa shape index (κ3) is 3.26. The van der Waals surface area contributed by atoms with Crippen LogP contribution < -0.4 is 20.9 Å². The van der Waals surface area contributed by atoms with Crippen LogP contribution in [0.25, 0.3) is 0 Å². The Bertz CT molecular complexity index is 444. The first-order valence-corrected chi connectivity index (χ1v) is 6.85. The van der Waals surface area contributed by atoms with Crippen molar-refractivity contribution in [2.24, 2.45) is 5.84 Å². The van der Waals surface area contributed by atoms with Crippen molar-refractivity contribution in [2.75, 3.05) is 30.6 Å². The van der Waals surface area contributed by atoms with Crippen molar-refractivity contribution in [1.82, 2.24) is 15.0 Å². The average Bonchev–Trinajstić information content (AvgIpc) is 2.90. The van der Waals surface area contributed by atoms with Crippen molar-refractivity contribution >= 4 is 11.9 Å². The lowest BCUT2D eigenvalue weighted by Crippen LogP contribution is -2.38. The van der Waals surface area contributed by atoms with Gasteiger partial charge in [0.25, 0.3) is 0 Å². The molecule has 8 nitrogen and oxygen atoms in total. The van der Waals surface area contributed by atoms with Crippen LogP contribution in [-0.2, 0) is 4.74 Å². The van der Waals surface area contributed by atoms with E-state index < -0.39 is 0 Å². The van der Waals surface area contributed by atoms with Gasteiger partial charge in [0.15, 0.2) is 0 Å². The Morgan fingerprint density at radius 2 is 2.25 bits per heavy atom. The highest BCUT2D eigenvalue weighted by Gasteiger charge is 2.29. The van der Waals surface area contributed by atoms with Gasteiger partial charge >= 0.3 is 6.01 Å². The summed E-state index contributed by atoms with van der Waals surface area (Å²) in [6.45, 7) is 5.38. The highest BCUT2D eigenvalue weighted by Crippen LogP contribution is 2.23. The molecule has 1 aromatic rings. The van der Waals surface area contributed by atoms with Crippen molar-refractivity contribution in [2.45, 2.75) is 38.8 Å². The minimum Gasteiger partial charge on any atom is -0.463 e. The lowest BCUT2D eigenvalue weighted by atomic mass is 10.1. The lowest BCUT2D eigenvalue weighted by molar-refractivity contribution is 0.118. The van der Waals surface area contributed by atoms with Gasteiger partial charge in [-0.15, -0.1) is 0 Å². The van der Waals surface area contributed by atoms with Gasteiger partial charge in [0.05, 0.1) is 18.8 Å². The Hall–Kier alpha value is -1.67. The fraction of sp³-hybridized carbons (Fsp3) is 0.750. The SMILES string of the molecule is CCCOc1nc(NN)nc(N(C)C2CCOC2C)n1. The zero-order valence-electron chi connectivity index (χ0n) is 12.2. The maximum atomic E-state index is 5.58. The highest BCUT2D eigenvalue weighted by molar-refractivity contribution is 5.38. The summed E-state index contributed by atoms with van der Waals surface area (Å²) in [6, 6.07) is 0.519. The summed E-state index contributed by atoms with van der Waals surface area (Å²) in [7, 11) is 1.94. The maximum absolute atomic E-state index is 5.58. The first-order chi connectivity index (χ1) is 9.65. The Balaban J connectivity index is 2.20. The van der Waals surface area contributed by atoms with E-state index in [-0.39, 0.29) is 18.2 Å². The van der Waals surface area contributed by atoms with Gasteiger partial charge in [-0.25, -0.2) is 5.84 Å². The zero-order chi connectivity index (χ0) is 14.5. The molecule has 0 bridgehead atoms. The summed E-state index contributed by atoms with van der Waals surface area (Å²) in [5.41, 5.74) is 2.44. The fourth-order valence-corrected chi connectivity index (χ4v) is 2.20. The number of nitrogen functional groups attached to an aromatic ring is 1. The molecule has 1 aromatic heterocycles. The van der Waals surface area contributed by atoms with Gasteiger partial charge in [-0.2, -0.15) is 15.0 Å². The van der Waals surface area contributed by atoms with Crippen LogP contribution in [0, 0.1) is 0 Å². The van der Waals surface area contributed by atoms with E-state index >= 15 is 0 Å². The molecule has 2 atom stereocenters. The largest absolute Gasteiger partial charge is 0.463 e. The number of nitrogens with one attached hydrogen (secondary N) is 1. The summed E-state index contributed by atoms with van der Waals surface area (Å²) in [6.07, 6.45) is 1.97. The molecule has 0 amide bonds. The van der Waals surface area contributed by atoms with Crippen molar-refractivity contribution in [3.63, 3.8) is 0 Å². The van der Waals surface area contributed by atoms with Crippen LogP contribution in [0.3, 0.4) is 0 Å². The van der Waals surface area contributed by atoms with Crippen LogP contribution >= 0.6 is 0 Å².